The average Bonchev–Trinajstić information content (AvgIpc) is 2.34. The van der Waals surface area contributed by atoms with Gasteiger partial charge in [0.25, 0.3) is 0 Å². The molecule has 0 unspecified atom stereocenters. The van der Waals surface area contributed by atoms with Gasteiger partial charge in [0.15, 0.2) is 0 Å². The van der Waals surface area contributed by atoms with Gasteiger partial charge in [-0.3, -0.25) is 0 Å². The number of nitrogens with one attached hydrogen (secondary N) is 1. The first-order chi connectivity index (χ1) is 9.53. The zero-order valence-corrected chi connectivity index (χ0v) is 13.2. The topological polar surface area (TPSA) is 21.3 Å². The van der Waals surface area contributed by atoms with E-state index < -0.39 is 0 Å². The van der Waals surface area contributed by atoms with Crippen molar-refractivity contribution in [1.82, 2.24) is 5.32 Å². The fraction of sp³-hybridized carbons (Fsp3) is 0.667. The van der Waals surface area contributed by atoms with Crippen molar-refractivity contribution in [3.8, 4) is 0 Å². The molecule has 0 aromatic heterocycles. The number of hydrogen-bond acceptors (Lipinski definition) is 2. The van der Waals surface area contributed by atoms with E-state index >= 15 is 0 Å². The van der Waals surface area contributed by atoms with E-state index in [1.165, 1.54) is 36.8 Å². The normalized spacial score (nSPS) is 16.1. The van der Waals surface area contributed by atoms with Crippen LogP contribution in [0.5, 0.6) is 0 Å². The monoisotopic (exact) mass is 275 g/mol. The summed E-state index contributed by atoms with van der Waals surface area (Å²) in [6.07, 6.45) is 5.49. The maximum atomic E-state index is 5.81. The number of hydrogen-bond donors (Lipinski definition) is 1. The maximum Gasteiger partial charge on any atom is 0.0716 e. The molecule has 0 amide bonds. The van der Waals surface area contributed by atoms with Gasteiger partial charge in [0.2, 0.25) is 0 Å². The van der Waals surface area contributed by atoms with Crippen LogP contribution in [0.25, 0.3) is 0 Å². The minimum Gasteiger partial charge on any atom is -0.377 e. The van der Waals surface area contributed by atoms with Gasteiger partial charge in [0.1, 0.15) is 0 Å². The Morgan fingerprint density at radius 1 is 1.20 bits per heavy atom. The minimum atomic E-state index is 0.162. The van der Waals surface area contributed by atoms with Crippen molar-refractivity contribution in [3.63, 3.8) is 0 Å². The molecule has 0 radical (unpaired) electrons. The number of ether oxygens (including phenoxy) is 1. The molecule has 2 heteroatoms. The van der Waals surface area contributed by atoms with Crippen LogP contribution in [-0.4, -0.2) is 12.1 Å². The summed E-state index contributed by atoms with van der Waals surface area (Å²) in [6, 6.07) is 8.72. The van der Waals surface area contributed by atoms with Crippen LogP contribution >= 0.6 is 0 Å². The van der Waals surface area contributed by atoms with E-state index in [9.17, 15) is 0 Å². The fourth-order valence-electron chi connectivity index (χ4n) is 2.42. The van der Waals surface area contributed by atoms with E-state index in [-0.39, 0.29) is 5.54 Å². The van der Waals surface area contributed by atoms with Gasteiger partial charge in [-0.05, 0) is 44.2 Å². The zero-order valence-electron chi connectivity index (χ0n) is 13.2. The van der Waals surface area contributed by atoms with Gasteiger partial charge in [-0.2, -0.15) is 0 Å². The highest BCUT2D eigenvalue weighted by atomic mass is 16.5. The summed E-state index contributed by atoms with van der Waals surface area (Å²) >= 11 is 0. The summed E-state index contributed by atoms with van der Waals surface area (Å²) in [5, 5.41) is 3.52. The maximum absolute atomic E-state index is 5.81. The predicted molar refractivity (Wildman–Crippen MR) is 84.6 cm³/mol. The number of benzene rings is 1. The Morgan fingerprint density at radius 2 is 1.95 bits per heavy atom. The Balaban J connectivity index is 1.71. The van der Waals surface area contributed by atoms with Gasteiger partial charge in [-0.1, -0.05) is 43.5 Å². The molecule has 0 bridgehead atoms. The highest BCUT2D eigenvalue weighted by molar-refractivity contribution is 5.23. The first-order valence-electron chi connectivity index (χ1n) is 7.93. The first-order valence-corrected chi connectivity index (χ1v) is 7.93. The largest absolute Gasteiger partial charge is 0.377 e. The van der Waals surface area contributed by atoms with Crippen LogP contribution in [-0.2, 0) is 17.9 Å². The third kappa shape index (κ3) is 5.64. The molecule has 1 aromatic carbocycles. The Kier molecular flexibility index (Phi) is 5.62. The Bertz CT molecular complexity index is 404. The fourth-order valence-corrected chi connectivity index (χ4v) is 2.42. The van der Waals surface area contributed by atoms with Crippen molar-refractivity contribution in [2.24, 2.45) is 5.92 Å². The summed E-state index contributed by atoms with van der Waals surface area (Å²) in [7, 11) is 0. The van der Waals surface area contributed by atoms with E-state index in [4.69, 9.17) is 4.74 Å². The van der Waals surface area contributed by atoms with Crippen LogP contribution in [0, 0.1) is 5.92 Å². The van der Waals surface area contributed by atoms with E-state index in [1.807, 2.05) is 0 Å². The van der Waals surface area contributed by atoms with Crippen molar-refractivity contribution in [3.05, 3.63) is 35.4 Å². The molecule has 1 N–H and O–H groups in total. The molecule has 112 valence electrons. The molecule has 2 rings (SSSR count). The van der Waals surface area contributed by atoms with Gasteiger partial charge in [0.05, 0.1) is 6.61 Å². The molecule has 0 atom stereocenters. The molecule has 0 aliphatic heterocycles. The molecule has 2 nitrogen and oxygen atoms in total. The highest BCUT2D eigenvalue weighted by Gasteiger charge is 2.16. The van der Waals surface area contributed by atoms with Crippen molar-refractivity contribution >= 4 is 0 Å². The standard InChI is InChI=1S/C18H29NO/c1-18(2,3)19-13-16-8-5-9-17(12-16)14-20-11-10-15-6-4-7-15/h5,8-9,12,15,19H,4,6-7,10-11,13-14H2,1-3H3. The molecule has 0 saturated heterocycles. The summed E-state index contributed by atoms with van der Waals surface area (Å²) in [5.74, 6) is 0.942. The van der Waals surface area contributed by atoms with Crippen molar-refractivity contribution in [1.29, 1.82) is 0 Å². The molecule has 0 heterocycles. The van der Waals surface area contributed by atoms with E-state index in [0.717, 1.165) is 25.7 Å². The van der Waals surface area contributed by atoms with Crippen molar-refractivity contribution in [2.75, 3.05) is 6.61 Å². The Labute approximate surface area is 123 Å². The second kappa shape index (κ2) is 7.24. The Hall–Kier alpha value is -0.860. The molecular formula is C18H29NO. The van der Waals surface area contributed by atoms with Crippen LogP contribution in [0.4, 0.5) is 0 Å². The lowest BCUT2D eigenvalue weighted by molar-refractivity contribution is 0.0949. The minimum absolute atomic E-state index is 0.162. The molecule has 1 saturated carbocycles. The molecular weight excluding hydrogens is 246 g/mol. The van der Waals surface area contributed by atoms with Crippen molar-refractivity contribution < 1.29 is 4.74 Å². The summed E-state index contributed by atoms with van der Waals surface area (Å²) in [5.41, 5.74) is 2.78. The van der Waals surface area contributed by atoms with Gasteiger partial charge in [0, 0.05) is 18.7 Å². The number of rotatable bonds is 7. The third-order valence-electron chi connectivity index (χ3n) is 3.98. The lowest BCUT2D eigenvalue weighted by Gasteiger charge is -2.24. The molecule has 1 fully saturated rings. The van der Waals surface area contributed by atoms with E-state index in [1.54, 1.807) is 0 Å². The highest BCUT2D eigenvalue weighted by Crippen LogP contribution is 2.29. The van der Waals surface area contributed by atoms with Gasteiger partial charge in [-0.15, -0.1) is 0 Å². The third-order valence-corrected chi connectivity index (χ3v) is 3.98. The van der Waals surface area contributed by atoms with Crippen LogP contribution < -0.4 is 5.32 Å². The quantitative estimate of drug-likeness (QED) is 0.750. The summed E-state index contributed by atoms with van der Waals surface area (Å²) in [6.45, 7) is 9.16. The van der Waals surface area contributed by atoms with Crippen LogP contribution in [0.1, 0.15) is 57.6 Å². The Morgan fingerprint density at radius 3 is 2.60 bits per heavy atom. The van der Waals surface area contributed by atoms with Crippen molar-refractivity contribution in [2.45, 2.75) is 65.1 Å². The second-order valence-corrected chi connectivity index (χ2v) is 7.06. The summed E-state index contributed by atoms with van der Waals surface area (Å²) in [4.78, 5) is 0. The molecule has 20 heavy (non-hydrogen) atoms. The first kappa shape index (κ1) is 15.5. The molecule has 1 aliphatic carbocycles. The zero-order chi connectivity index (χ0) is 14.4. The lowest BCUT2D eigenvalue weighted by atomic mass is 9.83. The smallest absolute Gasteiger partial charge is 0.0716 e. The van der Waals surface area contributed by atoms with Gasteiger partial charge < -0.3 is 10.1 Å². The second-order valence-electron chi connectivity index (χ2n) is 7.06. The van der Waals surface area contributed by atoms with Gasteiger partial charge >= 0.3 is 0 Å². The van der Waals surface area contributed by atoms with Crippen LogP contribution in [0.2, 0.25) is 0 Å². The summed E-state index contributed by atoms with van der Waals surface area (Å²) < 4.78 is 5.81. The van der Waals surface area contributed by atoms with Gasteiger partial charge in [-0.25, -0.2) is 0 Å². The molecule has 0 spiro atoms. The molecule has 1 aliphatic rings. The van der Waals surface area contributed by atoms with E-state index in [2.05, 4.69) is 50.4 Å². The predicted octanol–water partition coefficient (Wildman–Crippen LogP) is 4.28. The van der Waals surface area contributed by atoms with Crippen LogP contribution in [0.15, 0.2) is 24.3 Å². The molecule has 1 aromatic rings. The average molecular weight is 275 g/mol. The van der Waals surface area contributed by atoms with Crippen LogP contribution in [0.3, 0.4) is 0 Å². The SMILES string of the molecule is CC(C)(C)NCc1cccc(COCCC2CCC2)c1. The van der Waals surface area contributed by atoms with E-state index in [0.29, 0.717) is 0 Å². The lowest BCUT2D eigenvalue weighted by Crippen LogP contribution is -2.35.